The van der Waals surface area contributed by atoms with Crippen LogP contribution in [0.3, 0.4) is 0 Å². The molecule has 0 nitrogen and oxygen atoms in total. The van der Waals surface area contributed by atoms with Gasteiger partial charge in [-0.3, -0.25) is 0 Å². The van der Waals surface area contributed by atoms with Gasteiger partial charge in [0.15, 0.2) is 58.2 Å². The van der Waals surface area contributed by atoms with Gasteiger partial charge in [-0.15, -0.1) is 5.46 Å². The molecule has 32 heavy (non-hydrogen) atoms. The fourth-order valence-electron chi connectivity index (χ4n) is 2.64. The highest BCUT2D eigenvalue weighted by atomic mass is 19.2. The summed E-state index contributed by atoms with van der Waals surface area (Å²) in [5.41, 5.74) is -10.5. The lowest BCUT2D eigenvalue weighted by Crippen LogP contribution is -2.20. The largest absolute Gasteiger partial charge is 0.207 e. The molecule has 0 radical (unpaired) electrons. The smallest absolute Gasteiger partial charge is 0.200 e. The Morgan fingerprint density at radius 3 is 0.656 bits per heavy atom. The molecular formula is C18H3BF13-. The van der Waals surface area contributed by atoms with E-state index in [2.05, 4.69) is 0 Å². The topological polar surface area (TPSA) is 0 Å². The molecule has 0 heterocycles. The quantitative estimate of drug-likeness (QED) is 0.215. The van der Waals surface area contributed by atoms with Gasteiger partial charge in [0.25, 0.3) is 0 Å². The van der Waals surface area contributed by atoms with Crippen LogP contribution in [0.2, 0.25) is 0 Å². The Kier molecular flexibility index (Phi) is 5.68. The Labute approximate surface area is 169 Å². The predicted octanol–water partition coefficient (Wildman–Crippen LogP) is 4.82. The van der Waals surface area contributed by atoms with Crippen molar-refractivity contribution in [1.82, 2.24) is 0 Å². The van der Waals surface area contributed by atoms with E-state index in [9.17, 15) is 57.1 Å². The molecule has 0 bridgehead atoms. The molecule has 0 atom stereocenters. The summed E-state index contributed by atoms with van der Waals surface area (Å²) in [5, 5.41) is 0. The van der Waals surface area contributed by atoms with Gasteiger partial charge in [0.05, 0.1) is 22.3 Å². The lowest BCUT2D eigenvalue weighted by atomic mass is 9.89. The van der Waals surface area contributed by atoms with Gasteiger partial charge in [-0.05, 0) is 7.85 Å². The van der Waals surface area contributed by atoms with Crippen LogP contribution < -0.4 is 5.46 Å². The summed E-state index contributed by atoms with van der Waals surface area (Å²) in [6, 6.07) is 0. The number of benzene rings is 3. The minimum atomic E-state index is -2.86. The maximum atomic E-state index is 14.5. The van der Waals surface area contributed by atoms with Crippen LogP contribution in [-0.2, 0) is 0 Å². The maximum absolute atomic E-state index is 14.5. The van der Waals surface area contributed by atoms with Gasteiger partial charge < -0.3 is 0 Å². The van der Waals surface area contributed by atoms with E-state index in [0.29, 0.717) is 0 Å². The van der Waals surface area contributed by atoms with E-state index in [0.717, 1.165) is 0 Å². The summed E-state index contributed by atoms with van der Waals surface area (Å²) in [7, 11) is -1.57. The molecular weight excluding hydrogens is 474 g/mol. The van der Waals surface area contributed by atoms with E-state index in [4.69, 9.17) is 0 Å². The first-order valence-electron chi connectivity index (χ1n) is 7.46. The molecule has 14 heteroatoms. The van der Waals surface area contributed by atoms with E-state index < -0.39 is 111 Å². The monoisotopic (exact) mass is 477 g/mol. The van der Waals surface area contributed by atoms with Gasteiger partial charge in [0.2, 0.25) is 5.82 Å². The van der Waals surface area contributed by atoms with Crippen molar-refractivity contribution < 1.29 is 57.1 Å². The van der Waals surface area contributed by atoms with Gasteiger partial charge in [0.1, 0.15) is 11.6 Å². The van der Waals surface area contributed by atoms with E-state index in [1.165, 1.54) is 0 Å². The minimum absolute atomic E-state index is 1.05. The molecule has 0 amide bonds. The molecule has 0 unspecified atom stereocenters. The van der Waals surface area contributed by atoms with Gasteiger partial charge in [-0.1, -0.05) is 0 Å². The second kappa shape index (κ2) is 7.75. The molecule has 0 spiro atoms. The average Bonchev–Trinajstić information content (AvgIpc) is 2.76. The molecule has 170 valence electrons. The fraction of sp³-hybridized carbons (Fsp3) is 0. The van der Waals surface area contributed by atoms with E-state index in [-0.39, 0.29) is 0 Å². The van der Waals surface area contributed by atoms with Crippen LogP contribution in [0.25, 0.3) is 22.3 Å². The summed E-state index contributed by atoms with van der Waals surface area (Å²) < 4.78 is 181. The Morgan fingerprint density at radius 2 is 0.406 bits per heavy atom. The zero-order valence-electron chi connectivity index (χ0n) is 13.9. The Balaban J connectivity index is 2.50. The van der Waals surface area contributed by atoms with Crippen LogP contribution in [0.1, 0.15) is 0 Å². The lowest BCUT2D eigenvalue weighted by molar-refractivity contribution is 0.379. The number of halogens is 13. The molecule has 0 fully saturated rings. The first kappa shape index (κ1) is 23.5. The van der Waals surface area contributed by atoms with Crippen molar-refractivity contribution in [3.8, 4) is 22.3 Å². The maximum Gasteiger partial charge on any atom is 0.200 e. The number of hydrogen-bond acceptors (Lipinski definition) is 0. The van der Waals surface area contributed by atoms with Crippen LogP contribution >= 0.6 is 0 Å². The highest BCUT2D eigenvalue weighted by molar-refractivity contribution is 6.32. The van der Waals surface area contributed by atoms with Crippen molar-refractivity contribution >= 4 is 13.3 Å². The standard InChI is InChI=1S/C18H3BF13/c19-5-14(28)10(24)3(11(25)15(5)29)1-6(20)8(22)2(9(23)7(1)21)4-12(26)16(30)18(32)17(31)13(4)27/h19H3/q-1. The van der Waals surface area contributed by atoms with Gasteiger partial charge in [0, 0.05) is 0 Å². The zero-order chi connectivity index (χ0) is 24.4. The van der Waals surface area contributed by atoms with Crippen molar-refractivity contribution in [1.29, 1.82) is 0 Å². The summed E-state index contributed by atoms with van der Waals surface area (Å²) in [5.74, 6) is -34.4. The molecule has 3 aromatic carbocycles. The highest BCUT2D eigenvalue weighted by Crippen LogP contribution is 2.41. The molecule has 3 rings (SSSR count). The second-order valence-electron chi connectivity index (χ2n) is 5.71. The van der Waals surface area contributed by atoms with Crippen molar-refractivity contribution in [3.05, 3.63) is 75.6 Å². The van der Waals surface area contributed by atoms with Gasteiger partial charge in [-0.25, -0.2) is 57.1 Å². The van der Waals surface area contributed by atoms with Crippen molar-refractivity contribution in [2.45, 2.75) is 0 Å². The molecule has 0 N–H and O–H groups in total. The average molecular weight is 477 g/mol. The summed E-state index contributed by atoms with van der Waals surface area (Å²) in [6.07, 6.45) is 0. The molecule has 0 aliphatic rings. The van der Waals surface area contributed by atoms with Crippen LogP contribution in [0.5, 0.6) is 0 Å². The van der Waals surface area contributed by atoms with Crippen LogP contribution in [-0.4, -0.2) is 7.85 Å². The van der Waals surface area contributed by atoms with Gasteiger partial charge >= 0.3 is 0 Å². The molecule has 3 aromatic rings. The van der Waals surface area contributed by atoms with Crippen molar-refractivity contribution in [2.75, 3.05) is 0 Å². The Morgan fingerprint density at radius 1 is 0.250 bits per heavy atom. The van der Waals surface area contributed by atoms with Crippen LogP contribution in [0.15, 0.2) is 0 Å². The highest BCUT2D eigenvalue weighted by Gasteiger charge is 2.36. The molecule has 0 saturated carbocycles. The van der Waals surface area contributed by atoms with Crippen LogP contribution in [0.4, 0.5) is 57.1 Å². The molecule has 0 aromatic heterocycles. The third kappa shape index (κ3) is 3.03. The van der Waals surface area contributed by atoms with Gasteiger partial charge in [-0.2, -0.15) is 0 Å². The first-order chi connectivity index (χ1) is 14.7. The summed E-state index contributed by atoms with van der Waals surface area (Å²) in [4.78, 5) is 0. The van der Waals surface area contributed by atoms with E-state index in [1.807, 2.05) is 0 Å². The fourth-order valence-corrected chi connectivity index (χ4v) is 2.64. The predicted molar refractivity (Wildman–Crippen MR) is 86.3 cm³/mol. The third-order valence-electron chi connectivity index (χ3n) is 4.02. The summed E-state index contributed by atoms with van der Waals surface area (Å²) >= 11 is 0. The third-order valence-corrected chi connectivity index (χ3v) is 4.02. The molecule has 0 aliphatic carbocycles. The normalized spacial score (nSPS) is 11.4. The zero-order valence-corrected chi connectivity index (χ0v) is 13.9. The minimum Gasteiger partial charge on any atom is -0.207 e. The Hall–Kier alpha value is -3.19. The van der Waals surface area contributed by atoms with E-state index in [1.54, 1.807) is 0 Å². The lowest BCUT2D eigenvalue weighted by Gasteiger charge is -2.17. The first-order valence-corrected chi connectivity index (χ1v) is 7.46. The molecule has 0 saturated heterocycles. The van der Waals surface area contributed by atoms with Crippen molar-refractivity contribution in [2.24, 2.45) is 0 Å². The van der Waals surface area contributed by atoms with Crippen LogP contribution in [0, 0.1) is 75.6 Å². The SMILES string of the molecule is [BH3-]c1c(F)c(F)c(-c2c(F)c(F)c(-c3c(F)c(F)c(F)c(F)c3F)c(F)c2F)c(F)c1F. The second-order valence-corrected chi connectivity index (χ2v) is 5.71. The van der Waals surface area contributed by atoms with E-state index >= 15 is 0 Å². The summed E-state index contributed by atoms with van der Waals surface area (Å²) in [6.45, 7) is 0. The van der Waals surface area contributed by atoms with Crippen molar-refractivity contribution in [3.63, 3.8) is 0 Å². The number of hydrogen-bond donors (Lipinski definition) is 0. The number of rotatable bonds is 2. The Bertz CT molecular complexity index is 1130. The molecule has 0 aliphatic heterocycles.